The fraction of sp³-hybridized carbons (Fsp3) is 0.750. The van der Waals surface area contributed by atoms with Gasteiger partial charge >= 0.3 is 0 Å². The van der Waals surface area contributed by atoms with Crippen LogP contribution in [0.15, 0.2) is 11.5 Å². The molecule has 3 N–H and O–H groups in total. The zero-order valence-corrected chi connectivity index (χ0v) is 11.5. The Hall–Kier alpha value is -1.63. The highest BCUT2D eigenvalue weighted by molar-refractivity contribution is 5.82. The Kier molecular flexibility index (Phi) is 4.36. The standard InChI is InChI=1S/C12H22N6O/c1-9(2)18-11(14-8-15-18)7-17-5-3-10(4-6-17)12(13)16-19/h8-10,19H,3-7H2,1-2H3,(H2,13,16). The Morgan fingerprint density at radius 2 is 2.21 bits per heavy atom. The zero-order valence-electron chi connectivity index (χ0n) is 11.5. The van der Waals surface area contributed by atoms with Crippen molar-refractivity contribution in [3.8, 4) is 0 Å². The summed E-state index contributed by atoms with van der Waals surface area (Å²) in [6, 6.07) is 0.326. The van der Waals surface area contributed by atoms with Gasteiger partial charge in [-0.15, -0.1) is 0 Å². The van der Waals surface area contributed by atoms with Crippen LogP contribution in [0, 0.1) is 5.92 Å². The Bertz CT molecular complexity index is 433. The number of likely N-dealkylation sites (tertiary alicyclic amines) is 1. The van der Waals surface area contributed by atoms with Crippen molar-refractivity contribution >= 4 is 5.84 Å². The minimum Gasteiger partial charge on any atom is -0.409 e. The Balaban J connectivity index is 1.90. The predicted octanol–water partition coefficient (Wildman–Crippen LogP) is 0.817. The number of amidine groups is 1. The van der Waals surface area contributed by atoms with E-state index in [-0.39, 0.29) is 5.92 Å². The maximum atomic E-state index is 8.69. The molecule has 0 aliphatic carbocycles. The van der Waals surface area contributed by atoms with Crippen LogP contribution in [-0.2, 0) is 6.54 Å². The average Bonchev–Trinajstić information content (AvgIpc) is 2.87. The van der Waals surface area contributed by atoms with Crippen molar-refractivity contribution in [2.75, 3.05) is 13.1 Å². The number of piperidine rings is 1. The summed E-state index contributed by atoms with van der Waals surface area (Å²) in [7, 11) is 0. The molecule has 106 valence electrons. The van der Waals surface area contributed by atoms with Gasteiger partial charge in [-0.25, -0.2) is 9.67 Å². The van der Waals surface area contributed by atoms with E-state index in [0.29, 0.717) is 11.9 Å². The second-order valence-corrected chi connectivity index (χ2v) is 5.29. The molecule has 0 spiro atoms. The summed E-state index contributed by atoms with van der Waals surface area (Å²) in [5.74, 6) is 1.55. The van der Waals surface area contributed by atoms with Crippen molar-refractivity contribution in [2.45, 2.75) is 39.3 Å². The lowest BCUT2D eigenvalue weighted by Gasteiger charge is -2.31. The van der Waals surface area contributed by atoms with Crippen molar-refractivity contribution in [3.05, 3.63) is 12.2 Å². The molecule has 1 aromatic rings. The molecule has 0 bridgehead atoms. The Morgan fingerprint density at radius 1 is 1.53 bits per heavy atom. The first kappa shape index (κ1) is 13.8. The minimum absolute atomic E-state index is 0.198. The van der Waals surface area contributed by atoms with Gasteiger partial charge in [-0.2, -0.15) is 5.10 Å². The first-order chi connectivity index (χ1) is 9.11. The molecular formula is C12H22N6O. The van der Waals surface area contributed by atoms with Crippen LogP contribution in [0.25, 0.3) is 0 Å². The molecule has 7 nitrogen and oxygen atoms in total. The highest BCUT2D eigenvalue weighted by Gasteiger charge is 2.23. The molecule has 1 aliphatic rings. The third-order valence-corrected chi connectivity index (χ3v) is 3.62. The summed E-state index contributed by atoms with van der Waals surface area (Å²) >= 11 is 0. The molecule has 1 aromatic heterocycles. The normalized spacial score (nSPS) is 19.2. The number of nitrogens with zero attached hydrogens (tertiary/aromatic N) is 5. The van der Waals surface area contributed by atoms with E-state index in [0.717, 1.165) is 38.3 Å². The summed E-state index contributed by atoms with van der Waals surface area (Å²) in [4.78, 5) is 6.66. The summed E-state index contributed by atoms with van der Waals surface area (Å²) in [6.07, 6.45) is 3.45. The van der Waals surface area contributed by atoms with Crippen LogP contribution < -0.4 is 5.73 Å². The van der Waals surface area contributed by atoms with Gasteiger partial charge in [0.1, 0.15) is 18.0 Å². The minimum atomic E-state index is 0.198. The fourth-order valence-electron chi connectivity index (χ4n) is 2.49. The SMILES string of the molecule is CC(C)n1ncnc1CN1CCC(C(N)=NO)CC1. The van der Waals surface area contributed by atoms with E-state index in [1.165, 1.54) is 0 Å². The van der Waals surface area contributed by atoms with Crippen molar-refractivity contribution < 1.29 is 5.21 Å². The largest absolute Gasteiger partial charge is 0.409 e. The van der Waals surface area contributed by atoms with Crippen molar-refractivity contribution in [1.29, 1.82) is 0 Å². The topological polar surface area (TPSA) is 92.6 Å². The summed E-state index contributed by atoms with van der Waals surface area (Å²) < 4.78 is 1.95. The molecule has 2 rings (SSSR count). The quantitative estimate of drug-likeness (QED) is 0.364. The molecule has 0 aromatic carbocycles. The van der Waals surface area contributed by atoms with Gasteiger partial charge in [-0.05, 0) is 39.8 Å². The lowest BCUT2D eigenvalue weighted by molar-refractivity contribution is 0.190. The number of aromatic nitrogens is 3. The average molecular weight is 266 g/mol. The Morgan fingerprint density at radius 3 is 2.79 bits per heavy atom. The lowest BCUT2D eigenvalue weighted by atomic mass is 9.96. The van der Waals surface area contributed by atoms with Gasteiger partial charge in [0.05, 0.1) is 6.54 Å². The van der Waals surface area contributed by atoms with Gasteiger partial charge in [0.15, 0.2) is 0 Å². The third kappa shape index (κ3) is 3.23. The van der Waals surface area contributed by atoms with Crippen molar-refractivity contribution in [3.63, 3.8) is 0 Å². The van der Waals surface area contributed by atoms with E-state index in [4.69, 9.17) is 10.9 Å². The van der Waals surface area contributed by atoms with Crippen LogP contribution >= 0.6 is 0 Å². The van der Waals surface area contributed by atoms with Gasteiger partial charge in [0.2, 0.25) is 0 Å². The van der Waals surface area contributed by atoms with Gasteiger partial charge in [0.25, 0.3) is 0 Å². The molecule has 2 heterocycles. The van der Waals surface area contributed by atoms with Gasteiger partial charge in [-0.1, -0.05) is 5.16 Å². The summed E-state index contributed by atoms with van der Waals surface area (Å²) in [5, 5.41) is 16.0. The predicted molar refractivity (Wildman–Crippen MR) is 71.8 cm³/mol. The maximum Gasteiger partial charge on any atom is 0.142 e. The highest BCUT2D eigenvalue weighted by atomic mass is 16.4. The van der Waals surface area contributed by atoms with E-state index in [1.807, 2.05) is 4.68 Å². The first-order valence-corrected chi connectivity index (χ1v) is 6.70. The summed E-state index contributed by atoms with van der Waals surface area (Å²) in [6.45, 7) is 6.88. The van der Waals surface area contributed by atoms with Crippen LogP contribution in [0.2, 0.25) is 0 Å². The van der Waals surface area contributed by atoms with Crippen LogP contribution in [0.5, 0.6) is 0 Å². The molecule has 19 heavy (non-hydrogen) atoms. The molecule has 1 fully saturated rings. The van der Waals surface area contributed by atoms with Gasteiger partial charge < -0.3 is 10.9 Å². The molecule has 0 atom stereocenters. The molecule has 0 amide bonds. The number of nitrogens with two attached hydrogens (primary N) is 1. The number of oxime groups is 1. The zero-order chi connectivity index (χ0) is 13.8. The fourth-order valence-corrected chi connectivity index (χ4v) is 2.49. The molecule has 0 saturated carbocycles. The van der Waals surface area contributed by atoms with Gasteiger partial charge in [-0.3, -0.25) is 4.90 Å². The molecule has 0 radical (unpaired) electrons. The van der Waals surface area contributed by atoms with E-state index in [9.17, 15) is 0 Å². The first-order valence-electron chi connectivity index (χ1n) is 6.70. The van der Waals surface area contributed by atoms with Crippen molar-refractivity contribution in [2.24, 2.45) is 16.8 Å². The molecule has 1 saturated heterocycles. The van der Waals surface area contributed by atoms with Crippen LogP contribution in [0.4, 0.5) is 0 Å². The van der Waals surface area contributed by atoms with Crippen molar-refractivity contribution in [1.82, 2.24) is 19.7 Å². The van der Waals surface area contributed by atoms with E-state index < -0.39 is 0 Å². The van der Waals surface area contributed by atoms with Crippen LogP contribution in [0.1, 0.15) is 38.6 Å². The third-order valence-electron chi connectivity index (χ3n) is 3.62. The summed E-state index contributed by atoms with van der Waals surface area (Å²) in [5.41, 5.74) is 5.65. The van der Waals surface area contributed by atoms with Crippen LogP contribution in [0.3, 0.4) is 0 Å². The van der Waals surface area contributed by atoms with E-state index >= 15 is 0 Å². The Labute approximate surface area is 113 Å². The number of rotatable bonds is 4. The second-order valence-electron chi connectivity index (χ2n) is 5.29. The monoisotopic (exact) mass is 266 g/mol. The molecule has 7 heteroatoms. The number of hydrogen-bond acceptors (Lipinski definition) is 5. The highest BCUT2D eigenvalue weighted by Crippen LogP contribution is 2.19. The smallest absolute Gasteiger partial charge is 0.142 e. The van der Waals surface area contributed by atoms with E-state index in [2.05, 4.69) is 34.0 Å². The molecular weight excluding hydrogens is 244 g/mol. The van der Waals surface area contributed by atoms with E-state index in [1.54, 1.807) is 6.33 Å². The molecule has 0 unspecified atom stereocenters. The number of hydrogen-bond donors (Lipinski definition) is 2. The van der Waals surface area contributed by atoms with Crippen LogP contribution in [-0.4, -0.2) is 43.8 Å². The lowest BCUT2D eigenvalue weighted by Crippen LogP contribution is -2.38. The second kappa shape index (κ2) is 6.01. The van der Waals surface area contributed by atoms with Gasteiger partial charge in [0, 0.05) is 12.0 Å². The molecule has 1 aliphatic heterocycles. The maximum absolute atomic E-state index is 8.69.